The fraction of sp³-hybridized carbons (Fsp3) is 0.714. The number of hydrogen-bond acceptors (Lipinski definition) is 8. The number of aliphatic hydroxyl groups excluding tert-OH is 3. The standard InChI is InChI=1S/C28H47NO8/c1-3-4-5-6-7-8-9-10-11-12-13-14-15-25(31)26(32)24(20-30)29-28(34)37-21-36-27(33)22-16-18-23(35-2)19-17-22/h16-19,24-26,30-32H,3-15,20-21H2,1-2H3,(H,29,34). The van der Waals surface area contributed by atoms with Crippen LogP contribution in [0.3, 0.4) is 0 Å². The van der Waals surface area contributed by atoms with E-state index >= 15 is 0 Å². The summed E-state index contributed by atoms with van der Waals surface area (Å²) in [6.07, 6.45) is 11.3. The van der Waals surface area contributed by atoms with Crippen LogP contribution in [0.2, 0.25) is 0 Å². The summed E-state index contributed by atoms with van der Waals surface area (Å²) < 4.78 is 14.7. The molecule has 0 fully saturated rings. The summed E-state index contributed by atoms with van der Waals surface area (Å²) in [5, 5.41) is 32.4. The third-order valence-electron chi connectivity index (χ3n) is 6.37. The van der Waals surface area contributed by atoms with Gasteiger partial charge < -0.3 is 34.8 Å². The summed E-state index contributed by atoms with van der Waals surface area (Å²) in [7, 11) is 1.51. The average Bonchev–Trinajstić information content (AvgIpc) is 2.91. The highest BCUT2D eigenvalue weighted by Gasteiger charge is 2.27. The zero-order valence-corrected chi connectivity index (χ0v) is 22.5. The predicted octanol–water partition coefficient (Wildman–Crippen LogP) is 4.71. The lowest BCUT2D eigenvalue weighted by molar-refractivity contribution is -0.0279. The van der Waals surface area contributed by atoms with E-state index in [0.29, 0.717) is 12.2 Å². The van der Waals surface area contributed by atoms with E-state index in [9.17, 15) is 24.9 Å². The number of carbonyl (C=O) groups is 2. The quantitative estimate of drug-likeness (QED) is 0.103. The van der Waals surface area contributed by atoms with Crippen molar-refractivity contribution in [2.45, 2.75) is 109 Å². The van der Waals surface area contributed by atoms with E-state index in [1.54, 1.807) is 12.1 Å². The number of alkyl carbamates (subject to hydrolysis) is 1. The van der Waals surface area contributed by atoms with Gasteiger partial charge in [0.05, 0.1) is 31.4 Å². The van der Waals surface area contributed by atoms with Crippen molar-refractivity contribution in [2.75, 3.05) is 20.5 Å². The second kappa shape index (κ2) is 20.7. The molecule has 0 bridgehead atoms. The minimum atomic E-state index is -1.35. The number of rotatable bonds is 21. The molecular weight excluding hydrogens is 478 g/mol. The van der Waals surface area contributed by atoms with Gasteiger partial charge in [0.1, 0.15) is 11.9 Å². The van der Waals surface area contributed by atoms with Gasteiger partial charge in [0, 0.05) is 0 Å². The SMILES string of the molecule is CCCCCCCCCCCCCCC(O)C(O)C(CO)NC(=O)OCOC(=O)c1ccc(OC)cc1. The molecule has 0 aliphatic carbocycles. The fourth-order valence-corrected chi connectivity index (χ4v) is 4.01. The van der Waals surface area contributed by atoms with E-state index in [2.05, 4.69) is 12.2 Å². The molecule has 0 heterocycles. The summed E-state index contributed by atoms with van der Waals surface area (Å²) in [5.74, 6) is -0.103. The molecule has 212 valence electrons. The molecule has 3 atom stereocenters. The lowest BCUT2D eigenvalue weighted by atomic mass is 9.99. The number of hydrogen-bond donors (Lipinski definition) is 4. The van der Waals surface area contributed by atoms with Gasteiger partial charge in [-0.1, -0.05) is 84.0 Å². The summed E-state index contributed by atoms with van der Waals surface area (Å²) in [5.41, 5.74) is 0.259. The van der Waals surface area contributed by atoms with Gasteiger partial charge in [-0.2, -0.15) is 0 Å². The summed E-state index contributed by atoms with van der Waals surface area (Å²) >= 11 is 0. The molecule has 1 aromatic rings. The maximum Gasteiger partial charge on any atom is 0.410 e. The molecule has 9 nitrogen and oxygen atoms in total. The maximum atomic E-state index is 12.0. The number of ether oxygens (including phenoxy) is 3. The van der Waals surface area contributed by atoms with Crippen LogP contribution in [0.1, 0.15) is 101 Å². The van der Waals surface area contributed by atoms with Crippen molar-refractivity contribution < 1.29 is 39.1 Å². The van der Waals surface area contributed by atoms with Gasteiger partial charge in [-0.3, -0.25) is 0 Å². The molecule has 1 rings (SSSR count). The van der Waals surface area contributed by atoms with Crippen LogP contribution in [0.4, 0.5) is 4.79 Å². The van der Waals surface area contributed by atoms with Crippen LogP contribution < -0.4 is 10.1 Å². The Morgan fingerprint density at radius 3 is 1.89 bits per heavy atom. The Hall–Kier alpha value is -2.36. The van der Waals surface area contributed by atoms with Gasteiger partial charge in [-0.15, -0.1) is 0 Å². The van der Waals surface area contributed by atoms with E-state index < -0.39 is 43.7 Å². The van der Waals surface area contributed by atoms with Crippen molar-refractivity contribution in [1.29, 1.82) is 0 Å². The summed E-state index contributed by atoms with van der Waals surface area (Å²) in [6.45, 7) is 0.997. The zero-order valence-electron chi connectivity index (χ0n) is 22.5. The number of nitrogens with one attached hydrogen (secondary N) is 1. The molecule has 0 saturated carbocycles. The average molecular weight is 526 g/mol. The molecule has 3 unspecified atom stereocenters. The second-order valence-corrected chi connectivity index (χ2v) is 9.38. The number of methoxy groups -OCH3 is 1. The van der Waals surface area contributed by atoms with Crippen LogP contribution >= 0.6 is 0 Å². The molecule has 0 aliphatic heterocycles. The third-order valence-corrected chi connectivity index (χ3v) is 6.37. The van der Waals surface area contributed by atoms with Crippen molar-refractivity contribution in [3.05, 3.63) is 29.8 Å². The van der Waals surface area contributed by atoms with Gasteiger partial charge in [-0.05, 0) is 30.7 Å². The van der Waals surface area contributed by atoms with Crippen molar-refractivity contribution in [2.24, 2.45) is 0 Å². The number of esters is 1. The molecule has 0 aliphatic rings. The van der Waals surface area contributed by atoms with E-state index in [4.69, 9.17) is 14.2 Å². The van der Waals surface area contributed by atoms with Crippen LogP contribution in [-0.2, 0) is 9.47 Å². The fourth-order valence-electron chi connectivity index (χ4n) is 4.01. The highest BCUT2D eigenvalue weighted by Crippen LogP contribution is 2.15. The van der Waals surface area contributed by atoms with E-state index in [0.717, 1.165) is 19.3 Å². The van der Waals surface area contributed by atoms with Gasteiger partial charge in [0.25, 0.3) is 0 Å². The normalized spacial score (nSPS) is 13.4. The monoisotopic (exact) mass is 525 g/mol. The first-order valence-corrected chi connectivity index (χ1v) is 13.6. The minimum absolute atomic E-state index is 0.259. The Kier molecular flexibility index (Phi) is 18.3. The number of carbonyl (C=O) groups excluding carboxylic acids is 2. The number of unbranched alkanes of at least 4 members (excludes halogenated alkanes) is 11. The van der Waals surface area contributed by atoms with E-state index in [1.807, 2.05) is 0 Å². The molecular formula is C28H47NO8. The summed E-state index contributed by atoms with van der Waals surface area (Å²) in [6, 6.07) is 5.10. The largest absolute Gasteiger partial charge is 0.497 e. The maximum absolute atomic E-state index is 12.0. The smallest absolute Gasteiger partial charge is 0.410 e. The number of aliphatic hydroxyl groups is 3. The van der Waals surface area contributed by atoms with Gasteiger partial charge in [0.2, 0.25) is 6.79 Å². The number of benzene rings is 1. The third kappa shape index (κ3) is 14.8. The lowest BCUT2D eigenvalue weighted by Gasteiger charge is -2.26. The van der Waals surface area contributed by atoms with Crippen LogP contribution in [0.25, 0.3) is 0 Å². The number of amides is 1. The topological polar surface area (TPSA) is 135 Å². The molecule has 0 saturated heterocycles. The van der Waals surface area contributed by atoms with E-state index in [-0.39, 0.29) is 5.56 Å². The molecule has 0 radical (unpaired) electrons. The predicted molar refractivity (Wildman–Crippen MR) is 141 cm³/mol. The van der Waals surface area contributed by atoms with Crippen LogP contribution in [-0.4, -0.2) is 66.1 Å². The Morgan fingerprint density at radius 1 is 0.838 bits per heavy atom. The van der Waals surface area contributed by atoms with Crippen molar-refractivity contribution >= 4 is 12.1 Å². The molecule has 1 aromatic carbocycles. The van der Waals surface area contributed by atoms with Crippen molar-refractivity contribution in [3.8, 4) is 5.75 Å². The molecule has 1 amide bonds. The molecule has 0 aromatic heterocycles. The lowest BCUT2D eigenvalue weighted by Crippen LogP contribution is -2.50. The first-order chi connectivity index (χ1) is 17.9. The Balaban J connectivity index is 2.16. The van der Waals surface area contributed by atoms with Crippen LogP contribution in [0.15, 0.2) is 24.3 Å². The van der Waals surface area contributed by atoms with Crippen molar-refractivity contribution in [1.82, 2.24) is 5.32 Å². The molecule has 9 heteroatoms. The molecule has 37 heavy (non-hydrogen) atoms. The molecule has 4 N–H and O–H groups in total. The summed E-state index contributed by atoms with van der Waals surface area (Å²) in [4.78, 5) is 23.9. The Labute approximate surface area is 221 Å². The molecule has 0 spiro atoms. The van der Waals surface area contributed by atoms with Crippen LogP contribution in [0, 0.1) is 0 Å². The van der Waals surface area contributed by atoms with E-state index in [1.165, 1.54) is 77.0 Å². The highest BCUT2D eigenvalue weighted by atomic mass is 16.7. The highest BCUT2D eigenvalue weighted by molar-refractivity contribution is 5.89. The van der Waals surface area contributed by atoms with Crippen molar-refractivity contribution in [3.63, 3.8) is 0 Å². The zero-order chi connectivity index (χ0) is 27.3. The minimum Gasteiger partial charge on any atom is -0.497 e. The Bertz CT molecular complexity index is 727. The van der Waals surface area contributed by atoms with Gasteiger partial charge in [0.15, 0.2) is 0 Å². The second-order valence-electron chi connectivity index (χ2n) is 9.38. The first kappa shape index (κ1) is 32.7. The first-order valence-electron chi connectivity index (χ1n) is 13.6. The Morgan fingerprint density at radius 2 is 1.38 bits per heavy atom. The van der Waals surface area contributed by atoms with Gasteiger partial charge in [-0.25, -0.2) is 9.59 Å². The van der Waals surface area contributed by atoms with Crippen LogP contribution in [0.5, 0.6) is 5.75 Å². The van der Waals surface area contributed by atoms with Gasteiger partial charge >= 0.3 is 12.1 Å².